The maximum absolute atomic E-state index is 5.76. The van der Waals surface area contributed by atoms with Crippen LogP contribution in [0.1, 0.15) is 5.56 Å². The van der Waals surface area contributed by atoms with Crippen LogP contribution in [0.4, 0.5) is 0 Å². The topological polar surface area (TPSA) is 26.0 Å². The van der Waals surface area contributed by atoms with Crippen molar-refractivity contribution < 1.29 is 4.42 Å². The van der Waals surface area contributed by atoms with Crippen LogP contribution in [0.2, 0.25) is 0 Å². The number of aromatic nitrogens is 1. The van der Waals surface area contributed by atoms with Crippen LogP contribution < -0.4 is 0 Å². The standard InChI is InChI=1S/C14H10BrNO/c1-9-10(5-4-6-11(9)15)14-16-12-7-2-3-8-13(12)17-14/h2-8H,1H3. The molecule has 0 amide bonds. The molecule has 0 aliphatic carbocycles. The van der Waals surface area contributed by atoms with E-state index in [2.05, 4.69) is 20.9 Å². The van der Waals surface area contributed by atoms with E-state index >= 15 is 0 Å². The zero-order valence-electron chi connectivity index (χ0n) is 9.27. The van der Waals surface area contributed by atoms with E-state index in [9.17, 15) is 0 Å². The third-order valence-corrected chi connectivity index (χ3v) is 3.65. The van der Waals surface area contributed by atoms with Gasteiger partial charge in [0.2, 0.25) is 5.89 Å². The van der Waals surface area contributed by atoms with Crippen LogP contribution in [-0.2, 0) is 0 Å². The van der Waals surface area contributed by atoms with E-state index in [1.165, 1.54) is 0 Å². The lowest BCUT2D eigenvalue weighted by atomic mass is 10.1. The Morgan fingerprint density at radius 1 is 1.06 bits per heavy atom. The molecule has 1 heterocycles. The Kier molecular flexibility index (Phi) is 2.48. The predicted octanol–water partition coefficient (Wildman–Crippen LogP) is 4.57. The molecule has 17 heavy (non-hydrogen) atoms. The van der Waals surface area contributed by atoms with Crippen molar-refractivity contribution in [3.05, 3.63) is 52.5 Å². The number of halogens is 1. The minimum atomic E-state index is 0.671. The fraction of sp³-hybridized carbons (Fsp3) is 0.0714. The Labute approximate surface area is 107 Å². The molecular formula is C14H10BrNO. The smallest absolute Gasteiger partial charge is 0.227 e. The van der Waals surface area contributed by atoms with Crippen molar-refractivity contribution in [1.82, 2.24) is 4.98 Å². The Balaban J connectivity index is 2.24. The highest BCUT2D eigenvalue weighted by molar-refractivity contribution is 9.10. The number of fused-ring (bicyclic) bond motifs is 1. The largest absolute Gasteiger partial charge is 0.436 e. The summed E-state index contributed by atoms with van der Waals surface area (Å²) in [5.74, 6) is 0.671. The number of nitrogens with zero attached hydrogens (tertiary/aromatic N) is 1. The first-order chi connectivity index (χ1) is 8.25. The summed E-state index contributed by atoms with van der Waals surface area (Å²) in [6.45, 7) is 2.05. The fourth-order valence-corrected chi connectivity index (χ4v) is 2.19. The molecule has 0 fully saturated rings. The third kappa shape index (κ3) is 1.76. The van der Waals surface area contributed by atoms with Crippen molar-refractivity contribution in [3.8, 4) is 11.5 Å². The second-order valence-corrected chi connectivity index (χ2v) is 4.75. The van der Waals surface area contributed by atoms with Crippen LogP contribution in [-0.4, -0.2) is 4.98 Å². The maximum atomic E-state index is 5.76. The molecule has 0 saturated carbocycles. The van der Waals surface area contributed by atoms with Gasteiger partial charge in [0.15, 0.2) is 5.58 Å². The minimum absolute atomic E-state index is 0.671. The molecular weight excluding hydrogens is 278 g/mol. The van der Waals surface area contributed by atoms with Gasteiger partial charge in [0.25, 0.3) is 0 Å². The zero-order valence-corrected chi connectivity index (χ0v) is 10.9. The summed E-state index contributed by atoms with van der Waals surface area (Å²) in [5.41, 5.74) is 3.87. The maximum Gasteiger partial charge on any atom is 0.227 e. The van der Waals surface area contributed by atoms with E-state index in [-0.39, 0.29) is 0 Å². The monoisotopic (exact) mass is 287 g/mol. The lowest BCUT2D eigenvalue weighted by molar-refractivity contribution is 0.619. The molecule has 0 bridgehead atoms. The average Bonchev–Trinajstić information content (AvgIpc) is 2.76. The van der Waals surface area contributed by atoms with E-state index in [4.69, 9.17) is 4.42 Å². The lowest BCUT2D eigenvalue weighted by Crippen LogP contribution is -1.83. The molecule has 0 spiro atoms. The van der Waals surface area contributed by atoms with Crippen molar-refractivity contribution in [3.63, 3.8) is 0 Å². The van der Waals surface area contributed by atoms with Crippen LogP contribution in [0.15, 0.2) is 51.4 Å². The molecule has 0 radical (unpaired) electrons. The molecule has 0 N–H and O–H groups in total. The summed E-state index contributed by atoms with van der Waals surface area (Å²) in [6.07, 6.45) is 0. The van der Waals surface area contributed by atoms with Gasteiger partial charge in [-0.2, -0.15) is 0 Å². The van der Waals surface area contributed by atoms with E-state index in [0.717, 1.165) is 26.7 Å². The predicted molar refractivity (Wildman–Crippen MR) is 71.9 cm³/mol. The molecule has 0 atom stereocenters. The van der Waals surface area contributed by atoms with Crippen molar-refractivity contribution in [1.29, 1.82) is 0 Å². The van der Waals surface area contributed by atoms with Crippen LogP contribution in [0, 0.1) is 6.92 Å². The Morgan fingerprint density at radius 3 is 2.71 bits per heavy atom. The first kappa shape index (κ1) is 10.5. The summed E-state index contributed by atoms with van der Waals surface area (Å²) in [4.78, 5) is 4.50. The number of hydrogen-bond donors (Lipinski definition) is 0. The van der Waals surface area contributed by atoms with Gasteiger partial charge >= 0.3 is 0 Å². The molecule has 2 aromatic carbocycles. The Morgan fingerprint density at radius 2 is 1.88 bits per heavy atom. The summed E-state index contributed by atoms with van der Waals surface area (Å²) < 4.78 is 6.82. The number of hydrogen-bond acceptors (Lipinski definition) is 2. The van der Waals surface area contributed by atoms with Gasteiger partial charge in [0.05, 0.1) is 0 Å². The van der Waals surface area contributed by atoms with Crippen LogP contribution in [0.3, 0.4) is 0 Å². The molecule has 0 saturated heterocycles. The summed E-state index contributed by atoms with van der Waals surface area (Å²) in [7, 11) is 0. The molecule has 0 aliphatic rings. The summed E-state index contributed by atoms with van der Waals surface area (Å²) >= 11 is 3.52. The van der Waals surface area contributed by atoms with E-state index in [1.807, 2.05) is 49.4 Å². The molecule has 3 rings (SSSR count). The highest BCUT2D eigenvalue weighted by Crippen LogP contribution is 2.30. The van der Waals surface area contributed by atoms with Gasteiger partial charge in [-0.1, -0.05) is 34.1 Å². The van der Waals surface area contributed by atoms with Crippen molar-refractivity contribution in [2.75, 3.05) is 0 Å². The first-order valence-electron chi connectivity index (χ1n) is 5.37. The third-order valence-electron chi connectivity index (χ3n) is 2.79. The van der Waals surface area contributed by atoms with Gasteiger partial charge < -0.3 is 4.42 Å². The quantitative estimate of drug-likeness (QED) is 0.655. The second kappa shape index (κ2) is 4.00. The van der Waals surface area contributed by atoms with E-state index < -0.39 is 0 Å². The number of benzene rings is 2. The van der Waals surface area contributed by atoms with Crippen molar-refractivity contribution >= 4 is 27.0 Å². The number of rotatable bonds is 1. The minimum Gasteiger partial charge on any atom is -0.436 e. The lowest BCUT2D eigenvalue weighted by Gasteiger charge is -2.02. The molecule has 3 aromatic rings. The van der Waals surface area contributed by atoms with E-state index in [1.54, 1.807) is 0 Å². The SMILES string of the molecule is Cc1c(Br)cccc1-c1nc2ccccc2o1. The molecule has 2 nitrogen and oxygen atoms in total. The van der Waals surface area contributed by atoms with Crippen LogP contribution >= 0.6 is 15.9 Å². The van der Waals surface area contributed by atoms with E-state index in [0.29, 0.717) is 5.89 Å². The summed E-state index contributed by atoms with van der Waals surface area (Å²) in [6, 6.07) is 13.8. The van der Waals surface area contributed by atoms with Crippen LogP contribution in [0.5, 0.6) is 0 Å². The molecule has 1 aromatic heterocycles. The highest BCUT2D eigenvalue weighted by Gasteiger charge is 2.11. The zero-order chi connectivity index (χ0) is 11.8. The fourth-order valence-electron chi connectivity index (χ4n) is 1.83. The number of para-hydroxylation sites is 2. The van der Waals surface area contributed by atoms with Gasteiger partial charge in [-0.25, -0.2) is 4.98 Å². The van der Waals surface area contributed by atoms with Gasteiger partial charge in [0.1, 0.15) is 5.52 Å². The van der Waals surface area contributed by atoms with Gasteiger partial charge in [-0.05, 0) is 36.8 Å². The van der Waals surface area contributed by atoms with Gasteiger partial charge in [0, 0.05) is 10.0 Å². The summed E-state index contributed by atoms with van der Waals surface area (Å²) in [5, 5.41) is 0. The van der Waals surface area contributed by atoms with Gasteiger partial charge in [-0.3, -0.25) is 0 Å². The normalized spacial score (nSPS) is 10.9. The molecule has 0 aliphatic heterocycles. The molecule has 0 unspecified atom stereocenters. The molecule has 3 heteroatoms. The Bertz CT molecular complexity index is 655. The number of oxazole rings is 1. The second-order valence-electron chi connectivity index (χ2n) is 3.90. The van der Waals surface area contributed by atoms with Gasteiger partial charge in [-0.15, -0.1) is 0 Å². The van der Waals surface area contributed by atoms with Crippen molar-refractivity contribution in [2.24, 2.45) is 0 Å². The Hall–Kier alpha value is -1.61. The molecule has 84 valence electrons. The van der Waals surface area contributed by atoms with Crippen molar-refractivity contribution in [2.45, 2.75) is 6.92 Å². The van der Waals surface area contributed by atoms with Crippen LogP contribution in [0.25, 0.3) is 22.6 Å². The first-order valence-corrected chi connectivity index (χ1v) is 6.16. The average molecular weight is 288 g/mol. The highest BCUT2D eigenvalue weighted by atomic mass is 79.9.